The van der Waals surface area contributed by atoms with Crippen molar-refractivity contribution in [1.29, 1.82) is 0 Å². The molecule has 9 heteroatoms. The van der Waals surface area contributed by atoms with Crippen LogP contribution in [-0.4, -0.2) is 46.9 Å². The summed E-state index contributed by atoms with van der Waals surface area (Å²) in [5, 5.41) is 2.94. The molecule has 0 spiro atoms. The minimum Gasteiger partial charge on any atom is -0.325 e. The number of aromatic nitrogens is 2. The van der Waals surface area contributed by atoms with Gasteiger partial charge in [-0.3, -0.25) is 4.79 Å². The first kappa shape index (κ1) is 23.4. The highest BCUT2D eigenvalue weighted by atomic mass is 32.2. The van der Waals surface area contributed by atoms with Gasteiger partial charge in [0.15, 0.2) is 5.16 Å². The number of rotatable bonds is 7. The van der Waals surface area contributed by atoms with Crippen LogP contribution >= 0.6 is 11.8 Å². The van der Waals surface area contributed by atoms with Gasteiger partial charge in [-0.05, 0) is 57.0 Å². The van der Waals surface area contributed by atoms with Gasteiger partial charge in [0.05, 0.1) is 15.8 Å². The van der Waals surface area contributed by atoms with Gasteiger partial charge in [0, 0.05) is 30.0 Å². The molecule has 0 bridgehead atoms. The summed E-state index contributed by atoms with van der Waals surface area (Å²) in [6.45, 7) is 4.81. The molecule has 1 aliphatic rings. The normalized spacial score (nSPS) is 15.3. The number of benzene rings is 2. The number of nitrogens with zero attached hydrogens (tertiary/aromatic N) is 3. The molecular formula is C24H26N4O3S2. The molecule has 1 amide bonds. The SMILES string of the molecule is Cc1cc(-c2ccccc2)nc(SC(C)C(=O)Nc2ccc(S(=O)(=O)N3CCCC3)cc2)n1. The van der Waals surface area contributed by atoms with Crippen molar-refractivity contribution in [3.63, 3.8) is 0 Å². The lowest BCUT2D eigenvalue weighted by atomic mass is 10.1. The van der Waals surface area contributed by atoms with E-state index in [4.69, 9.17) is 0 Å². The molecule has 1 atom stereocenters. The molecule has 2 heterocycles. The van der Waals surface area contributed by atoms with Gasteiger partial charge in [-0.2, -0.15) is 4.31 Å². The first-order valence-corrected chi connectivity index (χ1v) is 13.1. The summed E-state index contributed by atoms with van der Waals surface area (Å²) in [5.41, 5.74) is 3.18. The van der Waals surface area contributed by atoms with Gasteiger partial charge in [0.1, 0.15) is 0 Å². The second-order valence-electron chi connectivity index (χ2n) is 7.93. The number of anilines is 1. The van der Waals surface area contributed by atoms with Gasteiger partial charge in [0.2, 0.25) is 15.9 Å². The van der Waals surface area contributed by atoms with E-state index in [1.165, 1.54) is 28.2 Å². The van der Waals surface area contributed by atoms with Gasteiger partial charge >= 0.3 is 0 Å². The molecule has 172 valence electrons. The molecule has 1 saturated heterocycles. The van der Waals surface area contributed by atoms with Crippen molar-refractivity contribution in [3.8, 4) is 11.3 Å². The van der Waals surface area contributed by atoms with E-state index in [1.54, 1.807) is 19.1 Å². The van der Waals surface area contributed by atoms with E-state index in [0.717, 1.165) is 29.8 Å². The Morgan fingerprint density at radius 1 is 1.03 bits per heavy atom. The van der Waals surface area contributed by atoms with Crippen molar-refractivity contribution in [1.82, 2.24) is 14.3 Å². The molecule has 2 aromatic carbocycles. The van der Waals surface area contributed by atoms with Crippen LogP contribution in [0.2, 0.25) is 0 Å². The Hall–Kier alpha value is -2.75. The van der Waals surface area contributed by atoms with Crippen LogP contribution in [0.25, 0.3) is 11.3 Å². The topological polar surface area (TPSA) is 92.3 Å². The van der Waals surface area contributed by atoms with E-state index < -0.39 is 15.3 Å². The molecule has 1 aromatic heterocycles. The minimum absolute atomic E-state index is 0.207. The summed E-state index contributed by atoms with van der Waals surface area (Å²) < 4.78 is 26.8. The number of carbonyl (C=O) groups is 1. The summed E-state index contributed by atoms with van der Waals surface area (Å²) in [4.78, 5) is 22.1. The highest BCUT2D eigenvalue weighted by Crippen LogP contribution is 2.26. The summed E-state index contributed by atoms with van der Waals surface area (Å²) in [5.74, 6) is -0.207. The van der Waals surface area contributed by atoms with Crippen molar-refractivity contribution in [3.05, 3.63) is 66.4 Å². The largest absolute Gasteiger partial charge is 0.325 e. The quantitative estimate of drug-likeness (QED) is 0.397. The molecule has 1 aliphatic heterocycles. The standard InChI is InChI=1S/C24H26N4O3S2/c1-17-16-22(19-8-4-3-5-9-19)27-24(25-17)32-18(2)23(29)26-20-10-12-21(13-11-20)33(30,31)28-14-6-7-15-28/h3-5,8-13,16,18H,6-7,14-15H2,1-2H3,(H,26,29). The lowest BCUT2D eigenvalue weighted by molar-refractivity contribution is -0.115. The Labute approximate surface area is 198 Å². The lowest BCUT2D eigenvalue weighted by Crippen LogP contribution is -2.27. The predicted molar refractivity (Wildman–Crippen MR) is 131 cm³/mol. The van der Waals surface area contributed by atoms with Gasteiger partial charge in [-0.15, -0.1) is 0 Å². The Kier molecular flexibility index (Phi) is 7.11. The molecule has 0 saturated carbocycles. The monoisotopic (exact) mass is 482 g/mol. The minimum atomic E-state index is -3.47. The Bertz CT molecular complexity index is 1230. The molecule has 1 N–H and O–H groups in total. The van der Waals surface area contributed by atoms with Crippen molar-refractivity contribution in [2.45, 2.75) is 42.0 Å². The maximum atomic E-state index is 12.7. The zero-order valence-electron chi connectivity index (χ0n) is 18.6. The number of hydrogen-bond donors (Lipinski definition) is 1. The summed E-state index contributed by atoms with van der Waals surface area (Å²) in [7, 11) is -3.47. The molecule has 4 rings (SSSR count). The number of hydrogen-bond acceptors (Lipinski definition) is 6. The van der Waals surface area contributed by atoms with Crippen molar-refractivity contribution in [2.24, 2.45) is 0 Å². The van der Waals surface area contributed by atoms with Crippen LogP contribution in [0.4, 0.5) is 5.69 Å². The second kappa shape index (κ2) is 10.0. The summed E-state index contributed by atoms with van der Waals surface area (Å²) in [6, 6.07) is 18.1. The maximum absolute atomic E-state index is 12.7. The maximum Gasteiger partial charge on any atom is 0.243 e. The van der Waals surface area contributed by atoms with Crippen LogP contribution < -0.4 is 5.32 Å². The molecule has 1 unspecified atom stereocenters. The molecule has 3 aromatic rings. The predicted octanol–water partition coefficient (Wildman–Crippen LogP) is 4.36. The Balaban J connectivity index is 1.41. The third-order valence-electron chi connectivity index (χ3n) is 5.38. The molecule has 1 fully saturated rings. The number of amides is 1. The van der Waals surface area contributed by atoms with Crippen molar-refractivity contribution >= 4 is 33.4 Å². The number of thioether (sulfide) groups is 1. The van der Waals surface area contributed by atoms with E-state index in [9.17, 15) is 13.2 Å². The van der Waals surface area contributed by atoms with Crippen molar-refractivity contribution in [2.75, 3.05) is 18.4 Å². The van der Waals surface area contributed by atoms with Gasteiger partial charge in [-0.25, -0.2) is 18.4 Å². The number of aryl methyl sites for hydroxylation is 1. The van der Waals surface area contributed by atoms with Gasteiger partial charge in [-0.1, -0.05) is 42.1 Å². The fourth-order valence-electron chi connectivity index (χ4n) is 3.59. The zero-order chi connectivity index (χ0) is 23.4. The van der Waals surface area contributed by atoms with Gasteiger partial charge < -0.3 is 5.32 Å². The molecule has 0 radical (unpaired) electrons. The zero-order valence-corrected chi connectivity index (χ0v) is 20.2. The summed E-state index contributed by atoms with van der Waals surface area (Å²) in [6.07, 6.45) is 1.78. The lowest BCUT2D eigenvalue weighted by Gasteiger charge is -2.16. The average Bonchev–Trinajstić information content (AvgIpc) is 3.36. The van der Waals surface area contributed by atoms with Crippen LogP contribution in [0.3, 0.4) is 0 Å². The van der Waals surface area contributed by atoms with Gasteiger partial charge in [0.25, 0.3) is 0 Å². The van der Waals surface area contributed by atoms with Crippen molar-refractivity contribution < 1.29 is 13.2 Å². The highest BCUT2D eigenvalue weighted by Gasteiger charge is 2.27. The molecular weight excluding hydrogens is 456 g/mol. The van der Waals surface area contributed by atoms with E-state index in [0.29, 0.717) is 23.9 Å². The average molecular weight is 483 g/mol. The third kappa shape index (κ3) is 5.61. The number of sulfonamides is 1. The molecule has 0 aliphatic carbocycles. The fraction of sp³-hybridized carbons (Fsp3) is 0.292. The molecule has 7 nitrogen and oxygen atoms in total. The van der Waals surface area contributed by atoms with Crippen LogP contribution in [0.1, 0.15) is 25.5 Å². The first-order valence-electron chi connectivity index (χ1n) is 10.8. The number of carbonyl (C=O) groups excluding carboxylic acids is 1. The van der Waals surface area contributed by atoms with Crippen LogP contribution in [0.5, 0.6) is 0 Å². The number of nitrogens with one attached hydrogen (secondary N) is 1. The van der Waals surface area contributed by atoms with E-state index in [-0.39, 0.29) is 10.8 Å². The van der Waals surface area contributed by atoms with E-state index >= 15 is 0 Å². The van der Waals surface area contributed by atoms with Crippen LogP contribution in [0.15, 0.2) is 70.7 Å². The summed E-state index contributed by atoms with van der Waals surface area (Å²) >= 11 is 1.28. The third-order valence-corrected chi connectivity index (χ3v) is 8.25. The van der Waals surface area contributed by atoms with E-state index in [2.05, 4.69) is 15.3 Å². The highest BCUT2D eigenvalue weighted by molar-refractivity contribution is 8.00. The second-order valence-corrected chi connectivity index (χ2v) is 11.2. The van der Waals surface area contributed by atoms with Crippen LogP contribution in [0, 0.1) is 6.92 Å². The Morgan fingerprint density at radius 3 is 2.36 bits per heavy atom. The van der Waals surface area contributed by atoms with Crippen LogP contribution in [-0.2, 0) is 14.8 Å². The Morgan fingerprint density at radius 2 is 1.70 bits per heavy atom. The first-order chi connectivity index (χ1) is 15.8. The van der Waals surface area contributed by atoms with E-state index in [1.807, 2.05) is 43.3 Å². The fourth-order valence-corrected chi connectivity index (χ4v) is 5.94. The molecule has 33 heavy (non-hydrogen) atoms. The smallest absolute Gasteiger partial charge is 0.243 e.